The standard InChI is InChI=1S/C21H26F2N10O9P2/c1-8-14(10(22)20(39-8)32-6-30-12-16(24)26-4-28-18(12)32)41-43(34)38-3-9-15(42-44(35,36)37-2)11(23)21(40-9)33-7-31-13-17(25)27-5-29-19(13)33/h4-11,14-15,20-21,43H,3H2,1-2H3,(H,35,36)(H2,24,26,28)(H2,25,27,29)/t8-,9-,10-,11-,14-,15-,20-,21-/m1/s1. The molecule has 5 N–H and O–H groups in total. The van der Waals surface area contributed by atoms with Crippen LogP contribution in [0.15, 0.2) is 25.3 Å². The molecule has 2 fully saturated rings. The molecule has 0 saturated carbocycles. The summed E-state index contributed by atoms with van der Waals surface area (Å²) >= 11 is 0. The molecule has 19 nitrogen and oxygen atoms in total. The van der Waals surface area contributed by atoms with Crippen molar-refractivity contribution in [1.29, 1.82) is 0 Å². The smallest absolute Gasteiger partial charge is 0.382 e. The Morgan fingerprint density at radius 2 is 1.50 bits per heavy atom. The minimum atomic E-state index is -4.73. The number of phosphoric ester groups is 1. The van der Waals surface area contributed by atoms with Crippen LogP contribution in [0, 0.1) is 0 Å². The Morgan fingerprint density at radius 1 is 0.955 bits per heavy atom. The summed E-state index contributed by atoms with van der Waals surface area (Å²) in [6.07, 6.45) is -7.30. The fourth-order valence-corrected chi connectivity index (χ4v) is 6.51. The number of halogens is 2. The van der Waals surface area contributed by atoms with Crippen LogP contribution < -0.4 is 11.5 Å². The first-order valence-electron chi connectivity index (χ1n) is 12.8. The van der Waals surface area contributed by atoms with E-state index in [1.54, 1.807) is 0 Å². The highest BCUT2D eigenvalue weighted by Crippen LogP contribution is 2.49. The third-order valence-electron chi connectivity index (χ3n) is 7.08. The van der Waals surface area contributed by atoms with Gasteiger partial charge in [0.25, 0.3) is 0 Å². The largest absolute Gasteiger partial charge is 0.472 e. The fraction of sp³-hybridized carbons (Fsp3) is 0.524. The molecule has 4 aromatic rings. The van der Waals surface area contributed by atoms with Crippen molar-refractivity contribution in [2.45, 2.75) is 56.1 Å². The molecule has 0 amide bonds. The van der Waals surface area contributed by atoms with Crippen molar-refractivity contribution in [2.75, 3.05) is 25.2 Å². The Morgan fingerprint density at radius 3 is 2.07 bits per heavy atom. The van der Waals surface area contributed by atoms with Gasteiger partial charge in [-0.25, -0.2) is 43.2 Å². The predicted octanol–water partition coefficient (Wildman–Crippen LogP) is 1.24. The van der Waals surface area contributed by atoms with E-state index >= 15 is 8.78 Å². The van der Waals surface area contributed by atoms with Gasteiger partial charge in [-0.3, -0.25) is 22.7 Å². The summed E-state index contributed by atoms with van der Waals surface area (Å²) in [5.41, 5.74) is 12.3. The van der Waals surface area contributed by atoms with Crippen molar-refractivity contribution < 1.29 is 50.4 Å². The number of rotatable bonds is 10. The molecule has 0 aromatic carbocycles. The molecule has 23 heteroatoms. The second kappa shape index (κ2) is 11.9. The van der Waals surface area contributed by atoms with Crippen molar-refractivity contribution >= 4 is 50.0 Å². The van der Waals surface area contributed by atoms with Gasteiger partial charge in [0.1, 0.15) is 42.0 Å². The first kappa shape index (κ1) is 30.8. The monoisotopic (exact) mass is 662 g/mol. The molecule has 238 valence electrons. The van der Waals surface area contributed by atoms with Crippen LogP contribution in [0.5, 0.6) is 0 Å². The molecule has 0 aliphatic carbocycles. The van der Waals surface area contributed by atoms with E-state index in [2.05, 4.69) is 34.4 Å². The lowest BCUT2D eigenvalue weighted by molar-refractivity contribution is -0.0441. The number of nitrogens with zero attached hydrogens (tertiary/aromatic N) is 8. The van der Waals surface area contributed by atoms with Crippen LogP contribution in [-0.2, 0) is 36.7 Å². The van der Waals surface area contributed by atoms with E-state index in [4.69, 9.17) is 34.5 Å². The Bertz CT molecular complexity index is 1750. The summed E-state index contributed by atoms with van der Waals surface area (Å²) in [4.78, 5) is 33.8. The molecule has 2 unspecified atom stereocenters. The highest BCUT2D eigenvalue weighted by atomic mass is 31.2. The SMILES string of the molecule is COP(=O)(O)O[C@H]1[C@@H](F)[C@H](n2cnc3c(N)ncnc32)O[C@@H]1CO[PH](=O)O[C@H]1[C@@H](F)[C@H](n2cnc3c(N)ncnc32)O[C@@H]1C. The second-order valence-corrected chi connectivity index (χ2v) is 12.3. The zero-order valence-corrected chi connectivity index (χ0v) is 24.7. The number of alkyl halides is 2. The van der Waals surface area contributed by atoms with E-state index in [0.29, 0.717) is 0 Å². The van der Waals surface area contributed by atoms with Crippen LogP contribution in [0.2, 0.25) is 0 Å². The summed E-state index contributed by atoms with van der Waals surface area (Å²) in [7, 11) is -7.32. The van der Waals surface area contributed by atoms with Crippen LogP contribution in [0.1, 0.15) is 19.4 Å². The van der Waals surface area contributed by atoms with E-state index in [0.717, 1.165) is 13.4 Å². The van der Waals surface area contributed by atoms with Gasteiger partial charge >= 0.3 is 16.1 Å². The number of aromatic nitrogens is 8. The molecule has 2 saturated heterocycles. The molecule has 2 aliphatic rings. The number of hydrogen-bond donors (Lipinski definition) is 3. The van der Waals surface area contributed by atoms with Gasteiger partial charge in [0.05, 0.1) is 25.4 Å². The molecule has 0 bridgehead atoms. The normalized spacial score (nSPS) is 31.1. The van der Waals surface area contributed by atoms with E-state index in [-0.39, 0.29) is 34.0 Å². The van der Waals surface area contributed by atoms with Gasteiger partial charge in [-0.1, -0.05) is 0 Å². The topological polar surface area (TPSA) is 249 Å². The van der Waals surface area contributed by atoms with Crippen LogP contribution in [0.25, 0.3) is 22.3 Å². The van der Waals surface area contributed by atoms with Crippen LogP contribution >= 0.6 is 16.1 Å². The Hall–Kier alpha value is -3.26. The fourth-order valence-electron chi connectivity index (χ4n) is 4.96. The van der Waals surface area contributed by atoms with E-state index in [9.17, 15) is 14.0 Å². The minimum Gasteiger partial charge on any atom is -0.382 e. The van der Waals surface area contributed by atoms with Crippen molar-refractivity contribution in [1.82, 2.24) is 39.0 Å². The number of imidazole rings is 2. The summed E-state index contributed by atoms with van der Waals surface area (Å²) in [6, 6.07) is 0. The van der Waals surface area contributed by atoms with Gasteiger partial charge in [0, 0.05) is 7.11 Å². The van der Waals surface area contributed by atoms with E-state index in [1.165, 1.54) is 35.0 Å². The molecular formula is C21H26F2N10O9P2. The Balaban J connectivity index is 1.15. The summed E-state index contributed by atoms with van der Waals surface area (Å²) in [5.74, 6) is 0.124. The van der Waals surface area contributed by atoms with Gasteiger partial charge in [-0.15, -0.1) is 0 Å². The van der Waals surface area contributed by atoms with Crippen molar-refractivity contribution in [3.05, 3.63) is 25.3 Å². The number of hydrogen-bond acceptors (Lipinski definition) is 16. The van der Waals surface area contributed by atoms with Crippen LogP contribution in [0.4, 0.5) is 20.4 Å². The maximum Gasteiger partial charge on any atom is 0.472 e. The third kappa shape index (κ3) is 5.55. The average molecular weight is 662 g/mol. The molecule has 0 spiro atoms. The summed E-state index contributed by atoms with van der Waals surface area (Å²) in [6.45, 7) is 0.851. The van der Waals surface area contributed by atoms with Gasteiger partial charge in [-0.2, -0.15) is 0 Å². The Kier molecular flexibility index (Phi) is 8.33. The van der Waals surface area contributed by atoms with Gasteiger partial charge in [0.15, 0.2) is 47.7 Å². The van der Waals surface area contributed by atoms with Crippen molar-refractivity contribution in [2.24, 2.45) is 0 Å². The lowest BCUT2D eigenvalue weighted by atomic mass is 10.1. The highest BCUT2D eigenvalue weighted by molar-refractivity contribution is 7.47. The molecular weight excluding hydrogens is 636 g/mol. The average Bonchev–Trinajstić information content (AvgIpc) is 3.75. The van der Waals surface area contributed by atoms with Crippen LogP contribution in [0.3, 0.4) is 0 Å². The zero-order valence-electron chi connectivity index (χ0n) is 22.8. The number of fused-ring (bicyclic) bond motifs is 2. The predicted molar refractivity (Wildman–Crippen MR) is 144 cm³/mol. The first-order chi connectivity index (χ1) is 21.0. The van der Waals surface area contributed by atoms with Gasteiger partial charge in [-0.05, 0) is 6.92 Å². The number of nitrogens with two attached hydrogens (primary N) is 2. The minimum absolute atomic E-state index is 0.0296. The number of nitrogen functional groups attached to an aromatic ring is 2. The molecule has 44 heavy (non-hydrogen) atoms. The van der Waals surface area contributed by atoms with Crippen molar-refractivity contribution in [3.8, 4) is 0 Å². The van der Waals surface area contributed by atoms with Crippen molar-refractivity contribution in [3.63, 3.8) is 0 Å². The summed E-state index contributed by atoms with van der Waals surface area (Å²) < 4.78 is 90.4. The number of anilines is 2. The number of phosphoric acid groups is 1. The second-order valence-electron chi connectivity index (χ2n) is 9.72. The lowest BCUT2D eigenvalue weighted by Gasteiger charge is -2.22. The lowest BCUT2D eigenvalue weighted by Crippen LogP contribution is -2.34. The molecule has 6 heterocycles. The Labute approximate surface area is 246 Å². The van der Waals surface area contributed by atoms with Gasteiger partial charge < -0.3 is 34.9 Å². The molecule has 6 rings (SSSR count). The van der Waals surface area contributed by atoms with Gasteiger partial charge in [0.2, 0.25) is 0 Å². The van der Waals surface area contributed by atoms with Crippen LogP contribution in [-0.4, -0.2) is 94.4 Å². The zero-order chi connectivity index (χ0) is 31.3. The maximum atomic E-state index is 15.7. The first-order valence-corrected chi connectivity index (χ1v) is 15.6. The number of ether oxygens (including phenoxy) is 2. The molecule has 0 radical (unpaired) electrons. The maximum absolute atomic E-state index is 15.7. The van der Waals surface area contributed by atoms with E-state index < -0.39 is 71.9 Å². The highest BCUT2D eigenvalue weighted by Gasteiger charge is 2.51. The quantitative estimate of drug-likeness (QED) is 0.202. The summed E-state index contributed by atoms with van der Waals surface area (Å²) in [5, 5.41) is 0. The molecule has 10 atom stereocenters. The third-order valence-corrected chi connectivity index (χ3v) is 8.91. The molecule has 2 aliphatic heterocycles. The van der Waals surface area contributed by atoms with E-state index in [1.807, 2.05) is 0 Å². The molecule has 4 aromatic heterocycles.